The molecule has 0 amide bonds. The highest BCUT2D eigenvalue weighted by Gasteiger charge is 2.10. The van der Waals surface area contributed by atoms with Gasteiger partial charge in [-0.15, -0.1) is 0 Å². The van der Waals surface area contributed by atoms with Crippen molar-refractivity contribution in [3.8, 4) is 5.75 Å². The van der Waals surface area contributed by atoms with E-state index in [4.69, 9.17) is 4.74 Å². The first-order chi connectivity index (χ1) is 6.76. The summed E-state index contributed by atoms with van der Waals surface area (Å²) in [5.74, 6) is -0.275. The van der Waals surface area contributed by atoms with Gasteiger partial charge >= 0.3 is 0 Å². The maximum Gasteiger partial charge on any atom is 0.166 e. The lowest BCUT2D eigenvalue weighted by molar-refractivity contribution is 0.112. The van der Waals surface area contributed by atoms with Crippen LogP contribution in [0, 0.1) is 5.82 Å². The minimum Gasteiger partial charge on any atom is -0.493 e. The fraction of sp³-hybridized carbons (Fsp3) is 0.100. The zero-order valence-electron chi connectivity index (χ0n) is 7.50. The molecule has 0 aliphatic rings. The van der Waals surface area contributed by atoms with Gasteiger partial charge in [-0.2, -0.15) is 0 Å². The molecule has 1 heterocycles. The molecule has 1 N–H and O–H groups in total. The molecular weight excluding hydrogens is 185 g/mol. The number of hydrogen-bond donors (Lipinski definition) is 1. The Hall–Kier alpha value is -1.84. The Bertz CT molecular complexity index is 490. The SMILES string of the molecule is COc1c(F)ccc2[nH]c(C=O)cc12. The number of aldehydes is 1. The molecule has 4 heteroatoms. The van der Waals surface area contributed by atoms with Gasteiger partial charge in [-0.05, 0) is 18.2 Å². The highest BCUT2D eigenvalue weighted by molar-refractivity contribution is 5.92. The third-order valence-electron chi connectivity index (χ3n) is 2.06. The zero-order chi connectivity index (χ0) is 10.1. The number of carbonyl (C=O) groups excluding carboxylic acids is 1. The maximum absolute atomic E-state index is 13.2. The van der Waals surface area contributed by atoms with Crippen molar-refractivity contribution in [1.82, 2.24) is 4.98 Å². The average molecular weight is 193 g/mol. The summed E-state index contributed by atoms with van der Waals surface area (Å²) in [6.45, 7) is 0. The van der Waals surface area contributed by atoms with Crippen LogP contribution in [0.3, 0.4) is 0 Å². The van der Waals surface area contributed by atoms with E-state index in [9.17, 15) is 9.18 Å². The molecule has 14 heavy (non-hydrogen) atoms. The van der Waals surface area contributed by atoms with Crippen molar-refractivity contribution in [2.75, 3.05) is 7.11 Å². The number of aromatic amines is 1. The molecule has 2 rings (SSSR count). The van der Waals surface area contributed by atoms with Crippen LogP contribution in [-0.4, -0.2) is 18.4 Å². The summed E-state index contributed by atoms with van der Waals surface area (Å²) >= 11 is 0. The van der Waals surface area contributed by atoms with Gasteiger partial charge in [-0.25, -0.2) is 4.39 Å². The monoisotopic (exact) mass is 193 g/mol. The van der Waals surface area contributed by atoms with Crippen molar-refractivity contribution in [2.24, 2.45) is 0 Å². The number of hydrogen-bond acceptors (Lipinski definition) is 2. The van der Waals surface area contributed by atoms with Crippen molar-refractivity contribution in [3.05, 3.63) is 29.7 Å². The molecule has 0 bridgehead atoms. The summed E-state index contributed by atoms with van der Waals surface area (Å²) < 4.78 is 18.1. The summed E-state index contributed by atoms with van der Waals surface area (Å²) in [7, 11) is 1.39. The number of methoxy groups -OCH3 is 1. The first-order valence-corrected chi connectivity index (χ1v) is 4.06. The Labute approximate surface area is 79.5 Å². The minimum atomic E-state index is -0.434. The highest BCUT2D eigenvalue weighted by atomic mass is 19.1. The smallest absolute Gasteiger partial charge is 0.166 e. The number of benzene rings is 1. The van der Waals surface area contributed by atoms with Gasteiger partial charge in [0.2, 0.25) is 0 Å². The Balaban J connectivity index is 2.79. The van der Waals surface area contributed by atoms with Crippen LogP contribution in [0.4, 0.5) is 4.39 Å². The summed E-state index contributed by atoms with van der Waals surface area (Å²) in [6.07, 6.45) is 0.678. The summed E-state index contributed by atoms with van der Waals surface area (Å²) in [5.41, 5.74) is 1.09. The first kappa shape index (κ1) is 8.74. The lowest BCUT2D eigenvalue weighted by Gasteiger charge is -2.01. The standard InChI is InChI=1S/C10H8FNO2/c1-14-10-7-4-6(5-13)12-9(7)3-2-8(10)11/h2-5,12H,1H3. The molecule has 0 atom stereocenters. The van der Waals surface area contributed by atoms with Crippen LogP contribution in [0.15, 0.2) is 18.2 Å². The molecule has 0 spiro atoms. The summed E-state index contributed by atoms with van der Waals surface area (Å²) in [5, 5.41) is 0.578. The van der Waals surface area contributed by atoms with Crippen LogP contribution < -0.4 is 4.74 Å². The maximum atomic E-state index is 13.2. The van der Waals surface area contributed by atoms with Gasteiger partial charge in [0.05, 0.1) is 12.8 Å². The predicted octanol–water partition coefficient (Wildman–Crippen LogP) is 2.13. The molecule has 2 aromatic rings. The van der Waals surface area contributed by atoms with Crippen molar-refractivity contribution >= 4 is 17.2 Å². The average Bonchev–Trinajstić information content (AvgIpc) is 2.60. The van der Waals surface area contributed by atoms with Crippen LogP contribution in [0.25, 0.3) is 10.9 Å². The van der Waals surface area contributed by atoms with Gasteiger partial charge in [-0.1, -0.05) is 0 Å². The lowest BCUT2D eigenvalue weighted by Crippen LogP contribution is -1.87. The number of nitrogens with one attached hydrogen (secondary N) is 1. The van der Waals surface area contributed by atoms with Crippen molar-refractivity contribution in [2.45, 2.75) is 0 Å². The van der Waals surface area contributed by atoms with Crippen molar-refractivity contribution < 1.29 is 13.9 Å². The number of fused-ring (bicyclic) bond motifs is 1. The Kier molecular flexibility index (Phi) is 1.96. The fourth-order valence-corrected chi connectivity index (χ4v) is 1.44. The van der Waals surface area contributed by atoms with E-state index in [1.54, 1.807) is 12.1 Å². The summed E-state index contributed by atoms with van der Waals surface area (Å²) in [4.78, 5) is 13.3. The second kappa shape index (κ2) is 3.14. The second-order valence-electron chi connectivity index (χ2n) is 2.88. The van der Waals surface area contributed by atoms with Gasteiger partial charge in [0, 0.05) is 10.9 Å². The number of aromatic nitrogens is 1. The lowest BCUT2D eigenvalue weighted by atomic mass is 10.2. The van der Waals surface area contributed by atoms with Crippen LogP contribution in [0.1, 0.15) is 10.5 Å². The molecule has 0 saturated carbocycles. The Morgan fingerprint density at radius 2 is 2.29 bits per heavy atom. The third kappa shape index (κ3) is 1.16. The van der Waals surface area contributed by atoms with E-state index in [1.807, 2.05) is 0 Å². The van der Waals surface area contributed by atoms with E-state index in [-0.39, 0.29) is 5.75 Å². The molecule has 72 valence electrons. The molecule has 3 nitrogen and oxygen atoms in total. The van der Waals surface area contributed by atoms with Gasteiger partial charge in [0.15, 0.2) is 17.9 Å². The van der Waals surface area contributed by atoms with Crippen LogP contribution in [0.5, 0.6) is 5.75 Å². The Morgan fingerprint density at radius 3 is 2.93 bits per heavy atom. The predicted molar refractivity (Wildman–Crippen MR) is 50.2 cm³/mol. The first-order valence-electron chi connectivity index (χ1n) is 4.06. The molecule has 0 aliphatic carbocycles. The molecular formula is C10H8FNO2. The third-order valence-corrected chi connectivity index (χ3v) is 2.06. The summed E-state index contributed by atoms with van der Waals surface area (Å²) in [6, 6.07) is 4.43. The van der Waals surface area contributed by atoms with Gasteiger partial charge in [0.25, 0.3) is 0 Å². The zero-order valence-corrected chi connectivity index (χ0v) is 7.50. The number of rotatable bonds is 2. The largest absolute Gasteiger partial charge is 0.493 e. The molecule has 1 aromatic heterocycles. The normalized spacial score (nSPS) is 10.4. The molecule has 0 unspecified atom stereocenters. The molecule has 0 aliphatic heterocycles. The van der Waals surface area contributed by atoms with Crippen LogP contribution in [-0.2, 0) is 0 Å². The fourth-order valence-electron chi connectivity index (χ4n) is 1.44. The minimum absolute atomic E-state index is 0.159. The number of halogens is 1. The van der Waals surface area contributed by atoms with E-state index < -0.39 is 5.82 Å². The van der Waals surface area contributed by atoms with Gasteiger partial charge in [0.1, 0.15) is 0 Å². The van der Waals surface area contributed by atoms with Gasteiger partial charge < -0.3 is 9.72 Å². The van der Waals surface area contributed by atoms with Crippen LogP contribution >= 0.6 is 0 Å². The van der Waals surface area contributed by atoms with E-state index >= 15 is 0 Å². The van der Waals surface area contributed by atoms with Crippen molar-refractivity contribution in [1.29, 1.82) is 0 Å². The van der Waals surface area contributed by atoms with E-state index in [0.717, 1.165) is 0 Å². The van der Waals surface area contributed by atoms with E-state index in [1.165, 1.54) is 13.2 Å². The molecule has 0 fully saturated rings. The number of H-pyrrole nitrogens is 1. The van der Waals surface area contributed by atoms with E-state index in [2.05, 4.69) is 4.98 Å². The number of carbonyl (C=O) groups is 1. The van der Waals surface area contributed by atoms with Crippen LogP contribution in [0.2, 0.25) is 0 Å². The van der Waals surface area contributed by atoms with Crippen molar-refractivity contribution in [3.63, 3.8) is 0 Å². The second-order valence-corrected chi connectivity index (χ2v) is 2.88. The topological polar surface area (TPSA) is 42.1 Å². The Morgan fingerprint density at radius 1 is 1.50 bits per heavy atom. The van der Waals surface area contributed by atoms with E-state index in [0.29, 0.717) is 22.9 Å². The number of ether oxygens (including phenoxy) is 1. The van der Waals surface area contributed by atoms with Gasteiger partial charge in [-0.3, -0.25) is 4.79 Å². The molecule has 1 aromatic carbocycles. The quantitative estimate of drug-likeness (QED) is 0.742. The highest BCUT2D eigenvalue weighted by Crippen LogP contribution is 2.28. The molecule has 0 saturated heterocycles. The molecule has 0 radical (unpaired) electrons.